The van der Waals surface area contributed by atoms with Crippen LogP contribution in [0.25, 0.3) is 0 Å². The Morgan fingerprint density at radius 3 is 2.32 bits per heavy atom. The van der Waals surface area contributed by atoms with Gasteiger partial charge < -0.3 is 15.5 Å². The molecule has 1 aliphatic rings. The van der Waals surface area contributed by atoms with Gasteiger partial charge in [0, 0.05) is 42.9 Å². The zero-order chi connectivity index (χ0) is 20.1. The van der Waals surface area contributed by atoms with Gasteiger partial charge in [-0.3, -0.25) is 14.4 Å². The molecule has 1 fully saturated rings. The van der Waals surface area contributed by atoms with E-state index >= 15 is 0 Å². The van der Waals surface area contributed by atoms with E-state index in [-0.39, 0.29) is 30.5 Å². The molecule has 28 heavy (non-hydrogen) atoms. The van der Waals surface area contributed by atoms with Crippen LogP contribution in [0.4, 0.5) is 10.1 Å². The van der Waals surface area contributed by atoms with Gasteiger partial charge in [0.15, 0.2) is 0 Å². The third kappa shape index (κ3) is 4.54. The van der Waals surface area contributed by atoms with E-state index < -0.39 is 11.7 Å². The molecule has 1 aliphatic heterocycles. The molecule has 7 heteroatoms. The molecule has 1 heterocycles. The van der Waals surface area contributed by atoms with Crippen molar-refractivity contribution < 1.29 is 18.8 Å². The first-order valence-corrected chi connectivity index (χ1v) is 9.18. The van der Waals surface area contributed by atoms with E-state index in [2.05, 4.69) is 10.6 Å². The Kier molecular flexibility index (Phi) is 6.03. The van der Waals surface area contributed by atoms with Crippen LogP contribution in [-0.4, -0.2) is 37.4 Å². The number of anilines is 1. The van der Waals surface area contributed by atoms with Gasteiger partial charge in [0.05, 0.1) is 0 Å². The van der Waals surface area contributed by atoms with Crippen molar-refractivity contribution in [3.05, 3.63) is 65.0 Å². The van der Waals surface area contributed by atoms with Gasteiger partial charge in [-0.25, -0.2) is 4.39 Å². The summed E-state index contributed by atoms with van der Waals surface area (Å²) >= 11 is 0. The maximum absolute atomic E-state index is 13.5. The lowest BCUT2D eigenvalue weighted by Gasteiger charge is -2.16. The summed E-state index contributed by atoms with van der Waals surface area (Å²) in [5.74, 6) is -1.06. The summed E-state index contributed by atoms with van der Waals surface area (Å²) in [4.78, 5) is 37.9. The maximum Gasteiger partial charge on any atom is 0.251 e. The highest BCUT2D eigenvalue weighted by Crippen LogP contribution is 2.22. The zero-order valence-corrected chi connectivity index (χ0v) is 15.6. The molecule has 2 aromatic carbocycles. The molecule has 6 nitrogen and oxygen atoms in total. The van der Waals surface area contributed by atoms with E-state index in [0.29, 0.717) is 29.8 Å². The van der Waals surface area contributed by atoms with E-state index in [1.54, 1.807) is 48.2 Å². The number of hydrogen-bond donors (Lipinski definition) is 2. The van der Waals surface area contributed by atoms with Crippen molar-refractivity contribution in [1.82, 2.24) is 10.6 Å². The van der Waals surface area contributed by atoms with Crippen molar-refractivity contribution in [2.24, 2.45) is 0 Å². The highest BCUT2D eigenvalue weighted by atomic mass is 19.1. The van der Waals surface area contributed by atoms with Crippen LogP contribution in [0, 0.1) is 12.7 Å². The first-order chi connectivity index (χ1) is 13.5. The number of hydrogen-bond acceptors (Lipinski definition) is 3. The second-order valence-corrected chi connectivity index (χ2v) is 6.68. The van der Waals surface area contributed by atoms with Gasteiger partial charge in [-0.15, -0.1) is 0 Å². The van der Waals surface area contributed by atoms with Crippen LogP contribution in [0.5, 0.6) is 0 Å². The molecule has 3 rings (SSSR count). The average Bonchev–Trinajstić information content (AvgIpc) is 3.13. The Bertz CT molecular complexity index is 914. The minimum absolute atomic E-state index is 0.0628. The lowest BCUT2D eigenvalue weighted by molar-refractivity contribution is -0.117. The van der Waals surface area contributed by atoms with Crippen molar-refractivity contribution in [3.8, 4) is 0 Å². The number of halogens is 1. The molecule has 2 aromatic rings. The molecule has 0 unspecified atom stereocenters. The number of carbonyl (C=O) groups is 3. The molecule has 0 spiro atoms. The first-order valence-electron chi connectivity index (χ1n) is 9.18. The highest BCUT2D eigenvalue weighted by Gasteiger charge is 2.22. The molecule has 0 bridgehead atoms. The normalized spacial score (nSPS) is 13.5. The van der Waals surface area contributed by atoms with Gasteiger partial charge in [0.25, 0.3) is 11.8 Å². The summed E-state index contributed by atoms with van der Waals surface area (Å²) in [7, 11) is 0. The van der Waals surface area contributed by atoms with Crippen LogP contribution in [0.3, 0.4) is 0 Å². The monoisotopic (exact) mass is 383 g/mol. The molecule has 0 aliphatic carbocycles. The van der Waals surface area contributed by atoms with Crippen molar-refractivity contribution in [3.63, 3.8) is 0 Å². The minimum Gasteiger partial charge on any atom is -0.350 e. The van der Waals surface area contributed by atoms with Gasteiger partial charge in [0.1, 0.15) is 5.82 Å². The Morgan fingerprint density at radius 2 is 1.71 bits per heavy atom. The Balaban J connectivity index is 1.50. The Morgan fingerprint density at radius 1 is 1.04 bits per heavy atom. The van der Waals surface area contributed by atoms with Gasteiger partial charge in [0.2, 0.25) is 5.91 Å². The molecule has 0 saturated carbocycles. The Labute approximate surface area is 162 Å². The van der Waals surface area contributed by atoms with Crippen LogP contribution >= 0.6 is 0 Å². The highest BCUT2D eigenvalue weighted by molar-refractivity contribution is 5.99. The zero-order valence-electron chi connectivity index (χ0n) is 15.6. The second-order valence-electron chi connectivity index (χ2n) is 6.68. The third-order valence-corrected chi connectivity index (χ3v) is 4.62. The number of rotatable bonds is 6. The van der Waals surface area contributed by atoms with E-state index in [1.165, 1.54) is 6.07 Å². The van der Waals surface area contributed by atoms with Crippen molar-refractivity contribution in [2.75, 3.05) is 24.5 Å². The van der Waals surface area contributed by atoms with Crippen LogP contribution in [0.2, 0.25) is 0 Å². The molecule has 2 N–H and O–H groups in total. The number of nitrogens with one attached hydrogen (secondary N) is 2. The maximum atomic E-state index is 13.5. The lowest BCUT2D eigenvalue weighted by atomic mass is 10.1. The van der Waals surface area contributed by atoms with Crippen molar-refractivity contribution in [2.45, 2.75) is 19.8 Å². The molecule has 0 atom stereocenters. The number of carbonyl (C=O) groups excluding carboxylic acids is 3. The molecular weight excluding hydrogens is 361 g/mol. The number of aryl methyl sites for hydroxylation is 1. The third-order valence-electron chi connectivity index (χ3n) is 4.62. The Hall–Kier alpha value is -3.22. The summed E-state index contributed by atoms with van der Waals surface area (Å²) in [5.41, 5.74) is 1.87. The summed E-state index contributed by atoms with van der Waals surface area (Å²) in [6, 6.07) is 11.2. The minimum atomic E-state index is -0.433. The lowest BCUT2D eigenvalue weighted by Crippen LogP contribution is -2.34. The molecule has 0 radical (unpaired) electrons. The first kappa shape index (κ1) is 19.5. The van der Waals surface area contributed by atoms with Crippen molar-refractivity contribution in [1.29, 1.82) is 0 Å². The summed E-state index contributed by atoms with van der Waals surface area (Å²) < 4.78 is 13.5. The number of nitrogens with zero attached hydrogens (tertiary/aromatic N) is 1. The van der Waals surface area contributed by atoms with Gasteiger partial charge in [-0.1, -0.05) is 12.1 Å². The van der Waals surface area contributed by atoms with E-state index in [1.807, 2.05) is 0 Å². The fourth-order valence-electron chi connectivity index (χ4n) is 3.03. The predicted molar refractivity (Wildman–Crippen MR) is 104 cm³/mol. The standard InChI is InChI=1S/C21H22FN3O3/c1-14-7-8-16(13-18(14)22)21(28)24-10-9-23-20(27)15-4-2-5-17(12-15)25-11-3-6-19(25)26/h2,4-5,7-8,12-13H,3,6,9-11H2,1H3,(H,23,27)(H,24,28). The van der Waals surface area contributed by atoms with Crippen LogP contribution in [0.15, 0.2) is 42.5 Å². The fraction of sp³-hybridized carbons (Fsp3) is 0.286. The van der Waals surface area contributed by atoms with E-state index in [0.717, 1.165) is 6.42 Å². The second kappa shape index (κ2) is 8.65. The van der Waals surface area contributed by atoms with Crippen LogP contribution in [0.1, 0.15) is 39.1 Å². The quantitative estimate of drug-likeness (QED) is 0.752. The van der Waals surface area contributed by atoms with E-state index in [4.69, 9.17) is 0 Å². The van der Waals surface area contributed by atoms with Gasteiger partial charge >= 0.3 is 0 Å². The SMILES string of the molecule is Cc1ccc(C(=O)NCCNC(=O)c2cccc(N3CCCC3=O)c2)cc1F. The van der Waals surface area contributed by atoms with Crippen LogP contribution in [-0.2, 0) is 4.79 Å². The fourth-order valence-corrected chi connectivity index (χ4v) is 3.03. The predicted octanol–water partition coefficient (Wildman–Crippen LogP) is 2.42. The average molecular weight is 383 g/mol. The summed E-state index contributed by atoms with van der Waals surface area (Å²) in [5, 5.41) is 5.37. The van der Waals surface area contributed by atoms with Gasteiger partial charge in [-0.05, 0) is 49.2 Å². The van der Waals surface area contributed by atoms with E-state index in [9.17, 15) is 18.8 Å². The molecule has 0 aromatic heterocycles. The number of benzene rings is 2. The molecular formula is C21H22FN3O3. The molecule has 1 saturated heterocycles. The smallest absolute Gasteiger partial charge is 0.251 e. The molecule has 3 amide bonds. The summed E-state index contributed by atoms with van der Waals surface area (Å²) in [6.45, 7) is 2.73. The topological polar surface area (TPSA) is 78.5 Å². The van der Waals surface area contributed by atoms with Crippen LogP contribution < -0.4 is 15.5 Å². The van der Waals surface area contributed by atoms with Gasteiger partial charge in [-0.2, -0.15) is 0 Å². The molecule has 146 valence electrons. The largest absolute Gasteiger partial charge is 0.350 e. The summed E-state index contributed by atoms with van der Waals surface area (Å²) in [6.07, 6.45) is 1.35. The number of amides is 3. The van der Waals surface area contributed by atoms with Crippen molar-refractivity contribution >= 4 is 23.4 Å².